The number of carbonyl (C=O) groups is 1. The largest absolute Gasteiger partial charge is 0.378 e. The summed E-state index contributed by atoms with van der Waals surface area (Å²) >= 11 is 4.77. The smallest absolute Gasteiger partial charge is 0.265 e. The molecule has 3 nitrogen and oxygen atoms in total. The monoisotopic (exact) mass is 324 g/mol. The van der Waals surface area contributed by atoms with Gasteiger partial charge in [-0.3, -0.25) is 4.79 Å². The van der Waals surface area contributed by atoms with Crippen molar-refractivity contribution in [3.63, 3.8) is 0 Å². The van der Waals surface area contributed by atoms with Gasteiger partial charge in [0.15, 0.2) is 0 Å². The number of rotatable bonds is 3. The van der Waals surface area contributed by atoms with Gasteiger partial charge in [-0.1, -0.05) is 6.07 Å². The van der Waals surface area contributed by atoms with Gasteiger partial charge in [-0.15, -0.1) is 11.3 Å². The fourth-order valence-corrected chi connectivity index (χ4v) is 2.77. The number of amides is 1. The molecule has 0 spiro atoms. The van der Waals surface area contributed by atoms with Gasteiger partial charge < -0.3 is 10.2 Å². The first-order chi connectivity index (χ1) is 8.56. The zero-order valence-electron chi connectivity index (χ0n) is 10.1. The Morgan fingerprint density at radius 2 is 2.06 bits per heavy atom. The second-order valence-corrected chi connectivity index (χ2v) is 6.47. The molecule has 0 aliphatic rings. The fraction of sp³-hybridized carbons (Fsp3) is 0.154. The van der Waals surface area contributed by atoms with Crippen molar-refractivity contribution < 1.29 is 4.79 Å². The molecule has 0 aliphatic carbocycles. The van der Waals surface area contributed by atoms with E-state index in [1.54, 1.807) is 6.07 Å². The Hall–Kier alpha value is -1.33. The maximum atomic E-state index is 12.0. The fourth-order valence-electron chi connectivity index (χ4n) is 1.49. The first kappa shape index (κ1) is 13.1. The second-order valence-electron chi connectivity index (χ2n) is 4.00. The van der Waals surface area contributed by atoms with Crippen LogP contribution in [0.5, 0.6) is 0 Å². The molecule has 0 bridgehead atoms. The number of nitrogens with zero attached hydrogens (tertiary/aromatic N) is 1. The van der Waals surface area contributed by atoms with Gasteiger partial charge in [0.1, 0.15) is 0 Å². The molecule has 1 aromatic heterocycles. The average Bonchev–Trinajstić information content (AvgIpc) is 2.76. The van der Waals surface area contributed by atoms with Crippen LogP contribution in [0.4, 0.5) is 11.4 Å². The SMILES string of the molecule is CN(C)c1cccc(NC(=O)c2ccc(Br)s2)c1. The molecule has 2 rings (SSSR count). The second kappa shape index (κ2) is 5.54. The summed E-state index contributed by atoms with van der Waals surface area (Å²) in [6.45, 7) is 0. The minimum atomic E-state index is -0.0818. The van der Waals surface area contributed by atoms with Gasteiger partial charge >= 0.3 is 0 Å². The number of hydrogen-bond acceptors (Lipinski definition) is 3. The lowest BCUT2D eigenvalue weighted by atomic mass is 10.2. The van der Waals surface area contributed by atoms with Crippen molar-refractivity contribution >= 4 is 44.5 Å². The summed E-state index contributed by atoms with van der Waals surface area (Å²) in [4.78, 5) is 14.7. The maximum absolute atomic E-state index is 12.0. The summed E-state index contributed by atoms with van der Waals surface area (Å²) in [5, 5.41) is 2.89. The van der Waals surface area contributed by atoms with Gasteiger partial charge in [-0.2, -0.15) is 0 Å². The van der Waals surface area contributed by atoms with E-state index in [1.807, 2.05) is 49.3 Å². The summed E-state index contributed by atoms with van der Waals surface area (Å²) in [7, 11) is 3.94. The Labute approximate surface area is 119 Å². The van der Waals surface area contributed by atoms with E-state index in [0.717, 1.165) is 15.2 Å². The van der Waals surface area contributed by atoms with Crippen molar-refractivity contribution in [2.24, 2.45) is 0 Å². The third-order valence-electron chi connectivity index (χ3n) is 2.42. The van der Waals surface area contributed by atoms with Crippen LogP contribution in [0.15, 0.2) is 40.2 Å². The van der Waals surface area contributed by atoms with E-state index >= 15 is 0 Å². The van der Waals surface area contributed by atoms with Gasteiger partial charge in [-0.05, 0) is 46.3 Å². The summed E-state index contributed by atoms with van der Waals surface area (Å²) < 4.78 is 0.953. The summed E-state index contributed by atoms with van der Waals surface area (Å²) in [6.07, 6.45) is 0. The number of halogens is 1. The molecule has 0 fully saturated rings. The Morgan fingerprint density at radius 3 is 2.67 bits per heavy atom. The lowest BCUT2D eigenvalue weighted by molar-refractivity contribution is 0.103. The molecular formula is C13H13BrN2OS. The predicted molar refractivity (Wildman–Crippen MR) is 80.7 cm³/mol. The summed E-state index contributed by atoms with van der Waals surface area (Å²) in [6, 6.07) is 11.4. The van der Waals surface area contributed by atoms with Crippen LogP contribution >= 0.6 is 27.3 Å². The van der Waals surface area contributed by atoms with Crippen LogP contribution in [0.2, 0.25) is 0 Å². The number of thiophene rings is 1. The highest BCUT2D eigenvalue weighted by Gasteiger charge is 2.09. The van der Waals surface area contributed by atoms with Gasteiger partial charge in [0.05, 0.1) is 8.66 Å². The molecule has 0 saturated heterocycles. The van der Waals surface area contributed by atoms with Crippen LogP contribution in [-0.2, 0) is 0 Å². The lowest BCUT2D eigenvalue weighted by Crippen LogP contribution is -2.12. The zero-order chi connectivity index (χ0) is 13.1. The molecule has 2 aromatic rings. The Morgan fingerprint density at radius 1 is 1.28 bits per heavy atom. The van der Waals surface area contributed by atoms with Crippen LogP contribution in [0.1, 0.15) is 9.67 Å². The first-order valence-electron chi connectivity index (χ1n) is 5.40. The molecule has 1 heterocycles. The van der Waals surface area contributed by atoms with E-state index in [9.17, 15) is 4.79 Å². The molecular weight excluding hydrogens is 312 g/mol. The van der Waals surface area contributed by atoms with Crippen molar-refractivity contribution in [1.29, 1.82) is 0 Å². The Bertz CT molecular complexity index is 566. The zero-order valence-corrected chi connectivity index (χ0v) is 12.5. The summed E-state index contributed by atoms with van der Waals surface area (Å²) in [5.41, 5.74) is 1.86. The average molecular weight is 325 g/mol. The molecule has 0 aliphatic heterocycles. The topological polar surface area (TPSA) is 32.3 Å². The van der Waals surface area contributed by atoms with Crippen LogP contribution < -0.4 is 10.2 Å². The van der Waals surface area contributed by atoms with Gasteiger partial charge in [0.2, 0.25) is 0 Å². The summed E-state index contributed by atoms with van der Waals surface area (Å²) in [5.74, 6) is -0.0818. The highest BCUT2D eigenvalue weighted by Crippen LogP contribution is 2.24. The van der Waals surface area contributed by atoms with E-state index in [0.29, 0.717) is 4.88 Å². The molecule has 5 heteroatoms. The van der Waals surface area contributed by atoms with E-state index < -0.39 is 0 Å². The number of hydrogen-bond donors (Lipinski definition) is 1. The molecule has 1 N–H and O–H groups in total. The number of nitrogens with one attached hydrogen (secondary N) is 1. The molecule has 1 amide bonds. The molecule has 0 radical (unpaired) electrons. The third-order valence-corrected chi connectivity index (χ3v) is 4.04. The highest BCUT2D eigenvalue weighted by molar-refractivity contribution is 9.11. The number of anilines is 2. The molecule has 94 valence electrons. The van der Waals surface area contributed by atoms with Gasteiger partial charge in [-0.25, -0.2) is 0 Å². The Balaban J connectivity index is 2.14. The molecule has 18 heavy (non-hydrogen) atoms. The van der Waals surface area contributed by atoms with Gasteiger partial charge in [0.25, 0.3) is 5.91 Å². The van der Waals surface area contributed by atoms with Gasteiger partial charge in [0, 0.05) is 25.5 Å². The molecule has 0 unspecified atom stereocenters. The minimum absolute atomic E-state index is 0.0818. The van der Waals surface area contributed by atoms with Crippen LogP contribution in [0, 0.1) is 0 Å². The lowest BCUT2D eigenvalue weighted by Gasteiger charge is -2.13. The quantitative estimate of drug-likeness (QED) is 0.930. The van der Waals surface area contributed by atoms with E-state index in [1.165, 1.54) is 11.3 Å². The van der Waals surface area contributed by atoms with Crippen molar-refractivity contribution in [3.05, 3.63) is 45.1 Å². The Kier molecular flexibility index (Phi) is 4.04. The normalized spacial score (nSPS) is 10.2. The predicted octanol–water partition coefficient (Wildman–Crippen LogP) is 3.83. The van der Waals surface area contributed by atoms with Crippen molar-refractivity contribution in [1.82, 2.24) is 0 Å². The van der Waals surface area contributed by atoms with Crippen LogP contribution in [-0.4, -0.2) is 20.0 Å². The van der Waals surface area contributed by atoms with Crippen molar-refractivity contribution in [2.75, 3.05) is 24.3 Å². The number of benzene rings is 1. The standard InChI is InChI=1S/C13H13BrN2OS/c1-16(2)10-5-3-4-9(8-10)15-13(17)11-6-7-12(14)18-11/h3-8H,1-2H3,(H,15,17). The van der Waals surface area contributed by atoms with Crippen LogP contribution in [0.3, 0.4) is 0 Å². The van der Waals surface area contributed by atoms with Crippen LogP contribution in [0.25, 0.3) is 0 Å². The van der Waals surface area contributed by atoms with Crippen molar-refractivity contribution in [2.45, 2.75) is 0 Å². The molecule has 1 aromatic carbocycles. The third kappa shape index (κ3) is 3.11. The molecule has 0 atom stereocenters. The van der Waals surface area contributed by atoms with E-state index in [2.05, 4.69) is 21.2 Å². The first-order valence-corrected chi connectivity index (χ1v) is 7.01. The highest BCUT2D eigenvalue weighted by atomic mass is 79.9. The van der Waals surface area contributed by atoms with Crippen molar-refractivity contribution in [3.8, 4) is 0 Å². The van der Waals surface area contributed by atoms with E-state index in [-0.39, 0.29) is 5.91 Å². The number of carbonyl (C=O) groups excluding carboxylic acids is 1. The van der Waals surface area contributed by atoms with E-state index in [4.69, 9.17) is 0 Å². The maximum Gasteiger partial charge on any atom is 0.265 e. The molecule has 0 saturated carbocycles. The minimum Gasteiger partial charge on any atom is -0.378 e.